The number of ether oxygens (including phenoxy) is 2. The van der Waals surface area contributed by atoms with E-state index in [1.807, 2.05) is 0 Å². The highest BCUT2D eigenvalue weighted by atomic mass is 35.5. The number of imide groups is 1. The van der Waals surface area contributed by atoms with Crippen LogP contribution in [-0.2, 0) is 25.2 Å². The van der Waals surface area contributed by atoms with Crippen molar-refractivity contribution >= 4 is 35.4 Å². The standard InChI is InChI=1S/C30H26ClF5N2O6/c1-3-44-29(42)22-19(10-6-7-13-38-26(39)15-8-4-5-9-16(15)27(38)40)37-20(14-32)23(28(41)43-2)24(22)21-18(33)12-11-17(31)25(21)30(34,35)36/h4-5,8-9,11-12,24,37H,3,6-7,10,13-14H2,1-2H3. The number of alkyl halides is 4. The van der Waals surface area contributed by atoms with Gasteiger partial charge in [-0.1, -0.05) is 23.7 Å². The normalized spacial score (nSPS) is 16.7. The molecule has 2 aromatic rings. The van der Waals surface area contributed by atoms with E-state index in [1.54, 1.807) is 12.1 Å². The van der Waals surface area contributed by atoms with E-state index in [9.17, 15) is 36.7 Å². The molecule has 0 aromatic heterocycles. The molecule has 2 aliphatic rings. The second-order valence-corrected chi connectivity index (χ2v) is 10.2. The molecule has 1 N–H and O–H groups in total. The van der Waals surface area contributed by atoms with E-state index in [1.165, 1.54) is 19.1 Å². The highest BCUT2D eigenvalue weighted by Gasteiger charge is 2.47. The van der Waals surface area contributed by atoms with Gasteiger partial charge in [0.1, 0.15) is 12.5 Å². The van der Waals surface area contributed by atoms with Gasteiger partial charge in [-0.15, -0.1) is 0 Å². The maximum Gasteiger partial charge on any atom is 0.418 e. The van der Waals surface area contributed by atoms with Crippen LogP contribution >= 0.6 is 11.6 Å². The van der Waals surface area contributed by atoms with E-state index in [-0.39, 0.29) is 49.2 Å². The number of esters is 2. The van der Waals surface area contributed by atoms with Crippen LogP contribution in [0.15, 0.2) is 58.9 Å². The number of allylic oxidation sites excluding steroid dienone is 2. The molecular weight excluding hydrogens is 615 g/mol. The minimum atomic E-state index is -5.25. The fourth-order valence-electron chi connectivity index (χ4n) is 5.35. The number of nitrogens with zero attached hydrogens (tertiary/aromatic N) is 1. The molecule has 0 radical (unpaired) electrons. The first-order valence-electron chi connectivity index (χ1n) is 13.4. The molecule has 2 heterocycles. The lowest BCUT2D eigenvalue weighted by molar-refractivity contribution is -0.141. The summed E-state index contributed by atoms with van der Waals surface area (Å²) in [6.45, 7) is -0.257. The summed E-state index contributed by atoms with van der Waals surface area (Å²) in [7, 11) is 0.893. The Morgan fingerprint density at radius 1 is 0.977 bits per heavy atom. The molecule has 0 saturated heterocycles. The Morgan fingerprint density at radius 2 is 1.59 bits per heavy atom. The Morgan fingerprint density at radius 3 is 2.14 bits per heavy atom. The Bertz CT molecular complexity index is 1550. The SMILES string of the molecule is CCOC(=O)C1=C(CCCCN2C(=O)c3ccccc3C2=O)NC(CF)=C(C(=O)OC)C1c1c(F)ccc(Cl)c1C(F)(F)F. The molecule has 14 heteroatoms. The van der Waals surface area contributed by atoms with Crippen LogP contribution in [0.5, 0.6) is 0 Å². The van der Waals surface area contributed by atoms with Crippen LogP contribution in [0, 0.1) is 5.82 Å². The van der Waals surface area contributed by atoms with Gasteiger partial charge in [-0.2, -0.15) is 13.2 Å². The molecule has 1 atom stereocenters. The van der Waals surface area contributed by atoms with Crippen molar-refractivity contribution in [3.63, 3.8) is 0 Å². The van der Waals surface area contributed by atoms with Crippen LogP contribution in [0.2, 0.25) is 5.02 Å². The maximum atomic E-state index is 15.4. The van der Waals surface area contributed by atoms with Crippen LogP contribution < -0.4 is 5.32 Å². The first-order chi connectivity index (χ1) is 20.9. The third-order valence-corrected chi connectivity index (χ3v) is 7.53. The highest BCUT2D eigenvalue weighted by Crippen LogP contribution is 2.48. The number of fused-ring (bicyclic) bond motifs is 1. The number of carbonyl (C=O) groups excluding carboxylic acids is 4. The Kier molecular flexibility index (Phi) is 9.77. The molecule has 0 spiro atoms. The predicted octanol–water partition coefficient (Wildman–Crippen LogP) is 5.87. The van der Waals surface area contributed by atoms with Crippen LogP contribution in [0.4, 0.5) is 22.0 Å². The van der Waals surface area contributed by atoms with Gasteiger partial charge in [0.2, 0.25) is 0 Å². The van der Waals surface area contributed by atoms with E-state index < -0.39 is 81.3 Å². The summed E-state index contributed by atoms with van der Waals surface area (Å²) in [4.78, 5) is 52.7. The van der Waals surface area contributed by atoms with Crippen molar-refractivity contribution in [3.05, 3.63) is 92.0 Å². The summed E-state index contributed by atoms with van der Waals surface area (Å²) in [5.41, 5.74) is -4.35. The quantitative estimate of drug-likeness (QED) is 0.150. The van der Waals surface area contributed by atoms with Crippen LogP contribution in [0.1, 0.15) is 63.9 Å². The molecule has 2 amide bonds. The van der Waals surface area contributed by atoms with Gasteiger partial charge in [-0.05, 0) is 50.5 Å². The van der Waals surface area contributed by atoms with Crippen LogP contribution in [0.3, 0.4) is 0 Å². The van der Waals surface area contributed by atoms with Crippen molar-refractivity contribution in [2.75, 3.05) is 26.9 Å². The number of rotatable bonds is 10. The van der Waals surface area contributed by atoms with Gasteiger partial charge in [-0.25, -0.2) is 18.4 Å². The first-order valence-corrected chi connectivity index (χ1v) is 13.8. The van der Waals surface area contributed by atoms with E-state index in [0.29, 0.717) is 12.1 Å². The van der Waals surface area contributed by atoms with Gasteiger partial charge in [-0.3, -0.25) is 14.5 Å². The van der Waals surface area contributed by atoms with Crippen LogP contribution in [-0.4, -0.2) is 55.6 Å². The van der Waals surface area contributed by atoms with Gasteiger partial charge in [0.25, 0.3) is 11.8 Å². The fourth-order valence-corrected chi connectivity index (χ4v) is 5.63. The zero-order valence-corrected chi connectivity index (χ0v) is 24.2. The first kappa shape index (κ1) is 32.6. The maximum absolute atomic E-state index is 15.4. The molecule has 8 nitrogen and oxygen atoms in total. The number of hydrogen-bond donors (Lipinski definition) is 1. The smallest absolute Gasteiger partial charge is 0.418 e. The highest BCUT2D eigenvalue weighted by molar-refractivity contribution is 6.31. The number of halogens is 6. The molecular formula is C30H26ClF5N2O6. The van der Waals surface area contributed by atoms with Gasteiger partial charge in [0.05, 0.1) is 58.2 Å². The fraction of sp³-hybridized carbons (Fsp3) is 0.333. The second-order valence-electron chi connectivity index (χ2n) is 9.77. The summed E-state index contributed by atoms with van der Waals surface area (Å²) < 4.78 is 82.5. The van der Waals surface area contributed by atoms with E-state index >= 15 is 4.39 Å². The van der Waals surface area contributed by atoms with Gasteiger partial charge >= 0.3 is 18.1 Å². The van der Waals surface area contributed by atoms with Crippen molar-refractivity contribution in [2.24, 2.45) is 0 Å². The number of methoxy groups -OCH3 is 1. The van der Waals surface area contributed by atoms with Crippen molar-refractivity contribution < 1.29 is 50.6 Å². The number of carbonyl (C=O) groups is 4. The monoisotopic (exact) mass is 640 g/mol. The number of hydrogen-bond acceptors (Lipinski definition) is 7. The van der Waals surface area contributed by atoms with Crippen molar-refractivity contribution in [3.8, 4) is 0 Å². The zero-order chi connectivity index (χ0) is 32.3. The predicted molar refractivity (Wildman–Crippen MR) is 147 cm³/mol. The minimum Gasteiger partial charge on any atom is -0.466 e. The van der Waals surface area contributed by atoms with Gasteiger partial charge in [0.15, 0.2) is 0 Å². The summed E-state index contributed by atoms with van der Waals surface area (Å²) in [6, 6.07) is 7.60. The lowest BCUT2D eigenvalue weighted by Gasteiger charge is -2.33. The molecule has 0 fully saturated rings. The minimum absolute atomic E-state index is 0.0296. The second kappa shape index (κ2) is 13.2. The largest absolute Gasteiger partial charge is 0.466 e. The van der Waals surface area contributed by atoms with Crippen molar-refractivity contribution in [1.29, 1.82) is 0 Å². The lowest BCUT2D eigenvalue weighted by Crippen LogP contribution is -2.36. The molecule has 0 aliphatic carbocycles. The third-order valence-electron chi connectivity index (χ3n) is 7.21. The average molecular weight is 641 g/mol. The third kappa shape index (κ3) is 6.05. The Balaban J connectivity index is 1.77. The molecule has 0 bridgehead atoms. The molecule has 0 saturated carbocycles. The molecule has 1 unspecified atom stereocenters. The number of unbranched alkanes of at least 4 members (excludes halogenated alkanes) is 1. The Labute approximate surface area is 253 Å². The molecule has 234 valence electrons. The van der Waals surface area contributed by atoms with E-state index in [4.69, 9.17) is 21.1 Å². The molecule has 2 aromatic carbocycles. The molecule has 4 rings (SSSR count). The van der Waals surface area contributed by atoms with Gasteiger partial charge < -0.3 is 14.8 Å². The lowest BCUT2D eigenvalue weighted by atomic mass is 9.77. The summed E-state index contributed by atoms with van der Waals surface area (Å²) >= 11 is 5.88. The summed E-state index contributed by atoms with van der Waals surface area (Å²) in [6.07, 6.45) is -5.09. The van der Waals surface area contributed by atoms with Crippen LogP contribution in [0.25, 0.3) is 0 Å². The number of benzene rings is 2. The summed E-state index contributed by atoms with van der Waals surface area (Å²) in [5.74, 6) is -7.06. The van der Waals surface area contributed by atoms with E-state index in [2.05, 4.69) is 5.32 Å². The molecule has 44 heavy (non-hydrogen) atoms. The number of dihydropyridines is 1. The zero-order valence-electron chi connectivity index (χ0n) is 23.4. The summed E-state index contributed by atoms with van der Waals surface area (Å²) in [5, 5.41) is 1.70. The molecule has 2 aliphatic heterocycles. The van der Waals surface area contributed by atoms with Gasteiger partial charge in [0, 0.05) is 17.8 Å². The van der Waals surface area contributed by atoms with Crippen molar-refractivity contribution in [1.82, 2.24) is 10.2 Å². The Hall–Kier alpha value is -4.26. The average Bonchev–Trinajstić information content (AvgIpc) is 3.23. The number of nitrogens with one attached hydrogen (secondary N) is 1. The van der Waals surface area contributed by atoms with E-state index in [0.717, 1.165) is 12.0 Å². The topological polar surface area (TPSA) is 102 Å². The van der Waals surface area contributed by atoms with Crippen molar-refractivity contribution in [2.45, 2.75) is 38.3 Å². The number of amides is 2.